The van der Waals surface area contributed by atoms with Crippen LogP contribution in [-0.2, 0) is 22.6 Å². The molecule has 0 radical (unpaired) electrons. The first-order valence-electron chi connectivity index (χ1n) is 7.79. The van der Waals surface area contributed by atoms with Crippen LogP contribution in [-0.4, -0.2) is 33.3 Å². The fraction of sp³-hybridized carbons (Fsp3) is 0.316. The van der Waals surface area contributed by atoms with E-state index < -0.39 is 0 Å². The van der Waals surface area contributed by atoms with Crippen molar-refractivity contribution in [2.45, 2.75) is 13.2 Å². The molecule has 5 heteroatoms. The Morgan fingerprint density at radius 2 is 1.75 bits per heavy atom. The Hall–Kier alpha value is -2.37. The normalized spacial score (nSPS) is 10.4. The molecule has 0 saturated heterocycles. The largest absolute Gasteiger partial charge is 0.491 e. The molecule has 24 heavy (non-hydrogen) atoms. The monoisotopic (exact) mass is 329 g/mol. The minimum absolute atomic E-state index is 0.107. The van der Waals surface area contributed by atoms with Gasteiger partial charge in [-0.1, -0.05) is 24.3 Å². The highest BCUT2D eigenvalue weighted by atomic mass is 16.5. The second-order valence-electron chi connectivity index (χ2n) is 5.30. The minimum Gasteiger partial charge on any atom is -0.491 e. The first-order valence-corrected chi connectivity index (χ1v) is 7.79. The average Bonchev–Trinajstić information content (AvgIpc) is 2.61. The Morgan fingerprint density at radius 1 is 0.958 bits per heavy atom. The molecule has 0 heterocycles. The van der Waals surface area contributed by atoms with Crippen LogP contribution in [0.25, 0.3) is 0 Å². The van der Waals surface area contributed by atoms with Gasteiger partial charge >= 0.3 is 0 Å². The Kier molecular flexibility index (Phi) is 7.26. The third kappa shape index (κ3) is 5.68. The van der Waals surface area contributed by atoms with Crippen molar-refractivity contribution in [3.05, 3.63) is 65.2 Å². The fourth-order valence-electron chi connectivity index (χ4n) is 2.19. The Labute approximate surface area is 142 Å². The van der Waals surface area contributed by atoms with Crippen molar-refractivity contribution in [2.24, 2.45) is 0 Å². The molecule has 0 aromatic heterocycles. The van der Waals surface area contributed by atoms with E-state index in [0.29, 0.717) is 31.9 Å². The molecule has 2 rings (SSSR count). The predicted octanol–water partition coefficient (Wildman–Crippen LogP) is 2.79. The number of rotatable bonds is 9. The van der Waals surface area contributed by atoms with Crippen molar-refractivity contribution in [3.63, 3.8) is 0 Å². The van der Waals surface area contributed by atoms with Crippen molar-refractivity contribution in [1.29, 1.82) is 0 Å². The molecule has 2 aromatic carbocycles. The zero-order valence-corrected chi connectivity index (χ0v) is 14.1. The molecule has 2 aromatic rings. The molecule has 5 nitrogen and oxygen atoms in total. The maximum Gasteiger partial charge on any atom is 0.251 e. The van der Waals surface area contributed by atoms with Crippen LogP contribution in [0.15, 0.2) is 48.5 Å². The van der Waals surface area contributed by atoms with Gasteiger partial charge in [0, 0.05) is 26.3 Å². The van der Waals surface area contributed by atoms with E-state index in [0.717, 1.165) is 16.9 Å². The van der Waals surface area contributed by atoms with Crippen molar-refractivity contribution in [1.82, 2.24) is 5.32 Å². The van der Waals surface area contributed by atoms with Crippen LogP contribution in [0.4, 0.5) is 0 Å². The van der Waals surface area contributed by atoms with E-state index in [2.05, 4.69) is 5.32 Å². The van der Waals surface area contributed by atoms with Crippen molar-refractivity contribution in [2.75, 3.05) is 27.4 Å². The van der Waals surface area contributed by atoms with E-state index >= 15 is 0 Å². The smallest absolute Gasteiger partial charge is 0.251 e. The number of hydrogen-bond donors (Lipinski definition) is 1. The van der Waals surface area contributed by atoms with Crippen molar-refractivity contribution in [3.8, 4) is 5.75 Å². The highest BCUT2D eigenvalue weighted by Gasteiger charge is 2.06. The Bertz CT molecular complexity index is 640. The summed E-state index contributed by atoms with van der Waals surface area (Å²) in [4.78, 5) is 12.2. The second-order valence-corrected chi connectivity index (χ2v) is 5.30. The SMILES string of the molecule is COCCOc1cccc(CNC(=O)c2ccc(COC)cc2)c1. The van der Waals surface area contributed by atoms with E-state index in [9.17, 15) is 4.79 Å². The maximum absolute atomic E-state index is 12.2. The van der Waals surface area contributed by atoms with Crippen LogP contribution in [0.1, 0.15) is 21.5 Å². The Balaban J connectivity index is 1.87. The highest BCUT2D eigenvalue weighted by Crippen LogP contribution is 2.13. The van der Waals surface area contributed by atoms with Gasteiger partial charge < -0.3 is 19.5 Å². The molecule has 0 aliphatic heterocycles. The molecule has 0 bridgehead atoms. The molecule has 0 saturated carbocycles. The van der Waals surface area contributed by atoms with Gasteiger partial charge in [0.1, 0.15) is 12.4 Å². The lowest BCUT2D eigenvalue weighted by molar-refractivity contribution is 0.0950. The van der Waals surface area contributed by atoms with Crippen LogP contribution in [0, 0.1) is 0 Å². The molecule has 1 N–H and O–H groups in total. The highest BCUT2D eigenvalue weighted by molar-refractivity contribution is 5.94. The van der Waals surface area contributed by atoms with Crippen LogP contribution < -0.4 is 10.1 Å². The number of methoxy groups -OCH3 is 2. The van der Waals surface area contributed by atoms with Gasteiger partial charge in [-0.05, 0) is 35.4 Å². The molecule has 0 unspecified atom stereocenters. The van der Waals surface area contributed by atoms with Crippen LogP contribution >= 0.6 is 0 Å². The number of amides is 1. The summed E-state index contributed by atoms with van der Waals surface area (Å²) in [6.07, 6.45) is 0. The second kappa shape index (κ2) is 9.70. The predicted molar refractivity (Wildman–Crippen MR) is 92.1 cm³/mol. The van der Waals surface area contributed by atoms with E-state index in [1.807, 2.05) is 36.4 Å². The number of carbonyl (C=O) groups excluding carboxylic acids is 1. The van der Waals surface area contributed by atoms with Crippen LogP contribution in [0.2, 0.25) is 0 Å². The number of ether oxygens (including phenoxy) is 3. The summed E-state index contributed by atoms with van der Waals surface area (Å²) in [6.45, 7) is 2.03. The summed E-state index contributed by atoms with van der Waals surface area (Å²) in [5.41, 5.74) is 2.64. The van der Waals surface area contributed by atoms with E-state index in [1.54, 1.807) is 26.4 Å². The first kappa shape index (κ1) is 18.0. The van der Waals surface area contributed by atoms with Gasteiger partial charge in [-0.2, -0.15) is 0 Å². The molecular formula is C19H23NO4. The Morgan fingerprint density at radius 3 is 2.46 bits per heavy atom. The lowest BCUT2D eigenvalue weighted by Crippen LogP contribution is -2.22. The third-order valence-corrected chi connectivity index (χ3v) is 3.43. The molecule has 0 atom stereocenters. The topological polar surface area (TPSA) is 56.8 Å². The first-order chi connectivity index (χ1) is 11.7. The zero-order chi connectivity index (χ0) is 17.2. The average molecular weight is 329 g/mol. The molecule has 128 valence electrons. The van der Waals surface area contributed by atoms with Gasteiger partial charge in [-0.15, -0.1) is 0 Å². The van der Waals surface area contributed by atoms with Crippen molar-refractivity contribution >= 4 is 5.91 Å². The molecule has 1 amide bonds. The number of carbonyl (C=O) groups is 1. The lowest BCUT2D eigenvalue weighted by atomic mass is 10.1. The summed E-state index contributed by atoms with van der Waals surface area (Å²) in [5, 5.41) is 2.91. The van der Waals surface area contributed by atoms with Crippen molar-refractivity contribution < 1.29 is 19.0 Å². The summed E-state index contributed by atoms with van der Waals surface area (Å²) in [5.74, 6) is 0.660. The number of nitrogens with one attached hydrogen (secondary N) is 1. The quantitative estimate of drug-likeness (QED) is 0.719. The van der Waals surface area contributed by atoms with Gasteiger partial charge in [-0.3, -0.25) is 4.79 Å². The van der Waals surface area contributed by atoms with Crippen LogP contribution in [0.5, 0.6) is 5.75 Å². The number of benzene rings is 2. The van der Waals surface area contributed by atoms with E-state index in [-0.39, 0.29) is 5.91 Å². The summed E-state index contributed by atoms with van der Waals surface area (Å²) >= 11 is 0. The maximum atomic E-state index is 12.2. The van der Waals surface area contributed by atoms with Gasteiger partial charge in [0.05, 0.1) is 13.2 Å². The van der Waals surface area contributed by atoms with Gasteiger partial charge in [-0.25, -0.2) is 0 Å². The summed E-state index contributed by atoms with van der Waals surface area (Å²) in [6, 6.07) is 15.0. The van der Waals surface area contributed by atoms with Gasteiger partial charge in [0.25, 0.3) is 5.91 Å². The van der Waals surface area contributed by atoms with Gasteiger partial charge in [0.2, 0.25) is 0 Å². The minimum atomic E-state index is -0.107. The number of hydrogen-bond acceptors (Lipinski definition) is 4. The van der Waals surface area contributed by atoms with E-state index in [1.165, 1.54) is 0 Å². The summed E-state index contributed by atoms with van der Waals surface area (Å²) in [7, 11) is 3.28. The molecule has 0 aliphatic rings. The molecular weight excluding hydrogens is 306 g/mol. The molecule has 0 aliphatic carbocycles. The lowest BCUT2D eigenvalue weighted by Gasteiger charge is -2.09. The third-order valence-electron chi connectivity index (χ3n) is 3.43. The van der Waals surface area contributed by atoms with Crippen LogP contribution in [0.3, 0.4) is 0 Å². The zero-order valence-electron chi connectivity index (χ0n) is 14.1. The summed E-state index contributed by atoms with van der Waals surface area (Å²) < 4.78 is 15.6. The fourth-order valence-corrected chi connectivity index (χ4v) is 2.19. The van der Waals surface area contributed by atoms with E-state index in [4.69, 9.17) is 14.2 Å². The standard InChI is InChI=1S/C19H23NO4/c1-22-10-11-24-18-5-3-4-16(12-18)13-20-19(21)17-8-6-15(7-9-17)14-23-2/h3-9,12H,10-11,13-14H2,1-2H3,(H,20,21). The molecule has 0 fully saturated rings. The molecule has 0 spiro atoms. The van der Waals surface area contributed by atoms with Gasteiger partial charge in [0.15, 0.2) is 0 Å².